The molecule has 2 fully saturated rings. The summed E-state index contributed by atoms with van der Waals surface area (Å²) in [5, 5.41) is 22.0. The van der Waals surface area contributed by atoms with Gasteiger partial charge in [-0.2, -0.15) is 0 Å². The van der Waals surface area contributed by atoms with Gasteiger partial charge in [0.25, 0.3) is 0 Å². The molecule has 3 atom stereocenters. The van der Waals surface area contributed by atoms with Crippen LogP contribution >= 0.6 is 0 Å². The van der Waals surface area contributed by atoms with Crippen molar-refractivity contribution >= 4 is 11.9 Å². The Bertz CT molecular complexity index is 823. The SMILES string of the molecule is O=C1C2C=CC3CN4CCOC(=O)C45C=CC(=C([O-])N1CCO)C2=C35. The molecule has 0 aromatic heterocycles. The van der Waals surface area contributed by atoms with Gasteiger partial charge in [-0.05, 0) is 28.7 Å². The van der Waals surface area contributed by atoms with Crippen LogP contribution in [-0.4, -0.2) is 65.2 Å². The number of carbonyl (C=O) groups is 2. The van der Waals surface area contributed by atoms with Crippen LogP contribution in [0.1, 0.15) is 0 Å². The summed E-state index contributed by atoms with van der Waals surface area (Å²) in [5.41, 5.74) is 0.964. The molecule has 7 nitrogen and oxygen atoms in total. The molecule has 25 heavy (non-hydrogen) atoms. The van der Waals surface area contributed by atoms with Crippen molar-refractivity contribution in [3.63, 3.8) is 0 Å². The quantitative estimate of drug-likeness (QED) is 0.494. The summed E-state index contributed by atoms with van der Waals surface area (Å²) < 4.78 is 5.34. The molecule has 0 aromatic carbocycles. The smallest absolute Gasteiger partial charge is 0.335 e. The van der Waals surface area contributed by atoms with E-state index in [9.17, 15) is 19.8 Å². The first-order valence-electron chi connectivity index (χ1n) is 8.48. The molecular formula is C18H17N2O5-. The van der Waals surface area contributed by atoms with Crippen molar-refractivity contribution in [3.8, 4) is 0 Å². The van der Waals surface area contributed by atoms with Crippen LogP contribution in [0.3, 0.4) is 0 Å². The summed E-state index contributed by atoms with van der Waals surface area (Å²) in [6, 6.07) is 0. The van der Waals surface area contributed by atoms with Crippen LogP contribution in [0.15, 0.2) is 46.9 Å². The third-order valence-corrected chi connectivity index (χ3v) is 5.85. The molecule has 2 saturated heterocycles. The summed E-state index contributed by atoms with van der Waals surface area (Å²) in [7, 11) is 0. The van der Waals surface area contributed by atoms with E-state index in [0.29, 0.717) is 30.8 Å². The average Bonchev–Trinajstić information content (AvgIpc) is 2.96. The van der Waals surface area contributed by atoms with Crippen molar-refractivity contribution in [2.45, 2.75) is 5.54 Å². The van der Waals surface area contributed by atoms with Crippen molar-refractivity contribution in [2.24, 2.45) is 11.8 Å². The van der Waals surface area contributed by atoms with Gasteiger partial charge in [-0.1, -0.05) is 18.2 Å². The van der Waals surface area contributed by atoms with Gasteiger partial charge < -0.3 is 19.8 Å². The van der Waals surface area contributed by atoms with E-state index in [-0.39, 0.29) is 30.9 Å². The van der Waals surface area contributed by atoms with Crippen LogP contribution in [0.25, 0.3) is 0 Å². The van der Waals surface area contributed by atoms with E-state index in [2.05, 4.69) is 4.90 Å². The van der Waals surface area contributed by atoms with E-state index < -0.39 is 17.3 Å². The van der Waals surface area contributed by atoms with Gasteiger partial charge in [-0.15, -0.1) is 0 Å². The number of morpholine rings is 1. The number of carbonyl (C=O) groups excluding carboxylic acids is 2. The predicted molar refractivity (Wildman–Crippen MR) is 83.4 cm³/mol. The lowest BCUT2D eigenvalue weighted by Crippen LogP contribution is -2.58. The Labute approximate surface area is 144 Å². The molecule has 0 bridgehead atoms. The largest absolute Gasteiger partial charge is 0.860 e. The van der Waals surface area contributed by atoms with Crippen LogP contribution in [0.4, 0.5) is 0 Å². The fourth-order valence-electron chi connectivity index (χ4n) is 4.85. The highest BCUT2D eigenvalue weighted by Crippen LogP contribution is 2.53. The van der Waals surface area contributed by atoms with Gasteiger partial charge in [0.1, 0.15) is 6.61 Å². The Morgan fingerprint density at radius 3 is 3.00 bits per heavy atom. The number of esters is 1. The Hall–Kier alpha value is -2.38. The predicted octanol–water partition coefficient (Wildman–Crippen LogP) is -1.33. The van der Waals surface area contributed by atoms with Gasteiger partial charge in [0, 0.05) is 25.6 Å². The minimum Gasteiger partial charge on any atom is -0.860 e. The molecule has 0 radical (unpaired) electrons. The van der Waals surface area contributed by atoms with Crippen molar-refractivity contribution in [3.05, 3.63) is 46.9 Å². The average molecular weight is 341 g/mol. The maximum atomic E-state index is 12.8. The zero-order valence-electron chi connectivity index (χ0n) is 13.5. The Balaban J connectivity index is 1.76. The van der Waals surface area contributed by atoms with Crippen molar-refractivity contribution in [1.82, 2.24) is 9.80 Å². The Morgan fingerprint density at radius 1 is 1.36 bits per heavy atom. The molecule has 5 aliphatic rings. The lowest BCUT2D eigenvalue weighted by atomic mass is 9.68. The van der Waals surface area contributed by atoms with E-state index in [1.165, 1.54) is 0 Å². The molecule has 1 N–H and O–H groups in total. The normalized spacial score (nSPS) is 36.0. The van der Waals surface area contributed by atoms with Gasteiger partial charge in [0.15, 0.2) is 5.54 Å². The van der Waals surface area contributed by atoms with E-state index in [1.54, 1.807) is 12.2 Å². The molecule has 3 aliphatic heterocycles. The van der Waals surface area contributed by atoms with E-state index in [1.807, 2.05) is 12.2 Å². The number of hydrogen-bond donors (Lipinski definition) is 1. The van der Waals surface area contributed by atoms with Crippen molar-refractivity contribution in [2.75, 3.05) is 32.8 Å². The first-order chi connectivity index (χ1) is 12.1. The second-order valence-corrected chi connectivity index (χ2v) is 6.91. The summed E-state index contributed by atoms with van der Waals surface area (Å²) >= 11 is 0. The summed E-state index contributed by atoms with van der Waals surface area (Å²) in [5.74, 6) is -1.65. The van der Waals surface area contributed by atoms with E-state index in [4.69, 9.17) is 4.74 Å². The maximum absolute atomic E-state index is 12.8. The molecule has 5 rings (SSSR count). The molecule has 3 unspecified atom stereocenters. The second-order valence-electron chi connectivity index (χ2n) is 6.91. The number of allylic oxidation sites excluding steroid dienone is 2. The van der Waals surface area contributed by atoms with Crippen molar-refractivity contribution in [1.29, 1.82) is 0 Å². The molecule has 2 aliphatic carbocycles. The van der Waals surface area contributed by atoms with Gasteiger partial charge in [-0.25, -0.2) is 4.79 Å². The fraction of sp³-hybridized carbons (Fsp3) is 0.444. The number of aliphatic hydroxyl groups is 1. The number of amides is 1. The first kappa shape index (κ1) is 14.9. The highest BCUT2D eigenvalue weighted by molar-refractivity contribution is 5.96. The number of cyclic esters (lactones) is 1. The van der Waals surface area contributed by atoms with E-state index in [0.717, 1.165) is 10.5 Å². The summed E-state index contributed by atoms with van der Waals surface area (Å²) in [6.07, 6.45) is 7.22. The molecule has 7 heteroatoms. The summed E-state index contributed by atoms with van der Waals surface area (Å²) in [4.78, 5) is 28.7. The Morgan fingerprint density at radius 2 is 2.20 bits per heavy atom. The number of rotatable bonds is 2. The fourth-order valence-corrected chi connectivity index (χ4v) is 4.85. The number of β-amino-alcohol motifs (C(OH)–C–C–N with tert-alkyl or cyclic N) is 1. The molecule has 0 saturated carbocycles. The standard InChI is InChI=1S/C18H18N2O5/c21-7-5-20-15(22)11-2-1-10-9-19-6-8-25-17(24)18(19)4-3-12(16(20)23)13(11)14(10)18/h1-4,10-11,21,23H,5-9H2/p-1. The van der Waals surface area contributed by atoms with Crippen molar-refractivity contribution < 1.29 is 24.5 Å². The molecule has 130 valence electrons. The van der Waals surface area contributed by atoms with Gasteiger partial charge in [0.2, 0.25) is 5.91 Å². The van der Waals surface area contributed by atoms with Gasteiger partial charge in [-0.3, -0.25) is 9.69 Å². The topological polar surface area (TPSA) is 93.1 Å². The molecule has 1 amide bonds. The number of aliphatic hydroxyl groups excluding tert-OH is 1. The zero-order valence-corrected chi connectivity index (χ0v) is 13.5. The zero-order chi connectivity index (χ0) is 17.3. The monoisotopic (exact) mass is 341 g/mol. The lowest BCUT2D eigenvalue weighted by Gasteiger charge is -2.47. The molecule has 3 heterocycles. The van der Waals surface area contributed by atoms with Gasteiger partial charge >= 0.3 is 5.97 Å². The van der Waals surface area contributed by atoms with Gasteiger partial charge in [0.05, 0.1) is 12.5 Å². The van der Waals surface area contributed by atoms with E-state index >= 15 is 0 Å². The highest BCUT2D eigenvalue weighted by atomic mass is 16.5. The maximum Gasteiger partial charge on any atom is 0.335 e. The van der Waals surface area contributed by atoms with Crippen LogP contribution in [0.2, 0.25) is 0 Å². The molecular weight excluding hydrogens is 324 g/mol. The third-order valence-electron chi connectivity index (χ3n) is 5.85. The minimum atomic E-state index is -0.982. The number of ether oxygens (including phenoxy) is 1. The van der Waals surface area contributed by atoms with Crippen LogP contribution in [0.5, 0.6) is 0 Å². The highest BCUT2D eigenvalue weighted by Gasteiger charge is 2.60. The van der Waals surface area contributed by atoms with Crippen LogP contribution < -0.4 is 5.11 Å². The second kappa shape index (κ2) is 4.83. The number of nitrogens with zero attached hydrogens (tertiary/aromatic N) is 2. The minimum absolute atomic E-state index is 0.00171. The molecule has 0 aromatic rings. The lowest BCUT2D eigenvalue weighted by molar-refractivity contribution is -0.331. The summed E-state index contributed by atoms with van der Waals surface area (Å²) in [6.45, 7) is 1.37. The first-order valence-corrected chi connectivity index (χ1v) is 8.48. The number of hydrogen-bond acceptors (Lipinski definition) is 6. The van der Waals surface area contributed by atoms with Crippen LogP contribution in [0, 0.1) is 11.8 Å². The Kier molecular flexibility index (Phi) is 2.88. The third kappa shape index (κ3) is 1.62. The molecule has 1 spiro atoms. The van der Waals surface area contributed by atoms with Crippen LogP contribution in [-0.2, 0) is 14.3 Å².